The Bertz CT molecular complexity index is 386. The summed E-state index contributed by atoms with van der Waals surface area (Å²) in [6.45, 7) is 7.47. The van der Waals surface area contributed by atoms with Crippen molar-refractivity contribution in [2.75, 3.05) is 26.2 Å². The zero-order chi connectivity index (χ0) is 15.9. The third-order valence-electron chi connectivity index (χ3n) is 5.09. The maximum atomic E-state index is 12.6. The van der Waals surface area contributed by atoms with Crippen LogP contribution in [0, 0.1) is 5.92 Å². The van der Waals surface area contributed by atoms with E-state index in [1.807, 2.05) is 9.80 Å². The van der Waals surface area contributed by atoms with E-state index in [1.165, 1.54) is 12.8 Å². The van der Waals surface area contributed by atoms with Gasteiger partial charge in [0.1, 0.15) is 0 Å². The van der Waals surface area contributed by atoms with Gasteiger partial charge in [-0.2, -0.15) is 0 Å². The maximum Gasteiger partial charge on any atom is 0.317 e. The molecule has 3 amide bonds. The Morgan fingerprint density at radius 3 is 2.82 bits per heavy atom. The van der Waals surface area contributed by atoms with E-state index in [-0.39, 0.29) is 18.0 Å². The highest BCUT2D eigenvalue weighted by Gasteiger charge is 2.33. The summed E-state index contributed by atoms with van der Waals surface area (Å²) < 4.78 is 0. The molecule has 0 aromatic heterocycles. The van der Waals surface area contributed by atoms with Gasteiger partial charge in [-0.3, -0.25) is 4.79 Å². The van der Waals surface area contributed by atoms with Crippen LogP contribution in [0.5, 0.6) is 0 Å². The topological polar surface area (TPSA) is 52.7 Å². The van der Waals surface area contributed by atoms with E-state index in [4.69, 9.17) is 0 Å². The minimum atomic E-state index is 0.0358. The smallest absolute Gasteiger partial charge is 0.317 e. The van der Waals surface area contributed by atoms with E-state index < -0.39 is 0 Å². The first kappa shape index (κ1) is 17.1. The fraction of sp³-hybridized carbons (Fsp3) is 0.882. The first-order valence-electron chi connectivity index (χ1n) is 8.97. The van der Waals surface area contributed by atoms with Gasteiger partial charge in [0.2, 0.25) is 5.91 Å². The Morgan fingerprint density at radius 1 is 1.36 bits per heavy atom. The summed E-state index contributed by atoms with van der Waals surface area (Å²) in [7, 11) is 0. The molecule has 2 aliphatic heterocycles. The van der Waals surface area contributed by atoms with E-state index in [9.17, 15) is 9.59 Å². The average molecular weight is 309 g/mol. The number of unbranched alkanes of at least 4 members (excludes halogenated alkanes) is 1. The van der Waals surface area contributed by atoms with E-state index in [0.717, 1.165) is 51.9 Å². The van der Waals surface area contributed by atoms with Crippen molar-refractivity contribution in [2.45, 2.75) is 64.8 Å². The second-order valence-corrected chi connectivity index (χ2v) is 6.68. The first-order valence-corrected chi connectivity index (χ1v) is 8.97. The molecule has 0 aliphatic carbocycles. The largest absolute Gasteiger partial charge is 0.341 e. The summed E-state index contributed by atoms with van der Waals surface area (Å²) in [6.07, 6.45) is 7.34. The van der Waals surface area contributed by atoms with Crippen LogP contribution in [0.4, 0.5) is 4.79 Å². The van der Waals surface area contributed by atoms with E-state index >= 15 is 0 Å². The Morgan fingerprint density at radius 2 is 2.18 bits per heavy atom. The van der Waals surface area contributed by atoms with Crippen LogP contribution >= 0.6 is 0 Å². The molecule has 1 N–H and O–H groups in total. The molecule has 0 spiro atoms. The number of rotatable bonds is 7. The van der Waals surface area contributed by atoms with Crippen LogP contribution in [0.2, 0.25) is 0 Å². The van der Waals surface area contributed by atoms with Gasteiger partial charge in [-0.25, -0.2) is 4.79 Å². The zero-order valence-electron chi connectivity index (χ0n) is 14.1. The van der Waals surface area contributed by atoms with Crippen molar-refractivity contribution in [2.24, 2.45) is 5.92 Å². The van der Waals surface area contributed by atoms with Gasteiger partial charge in [0.05, 0.1) is 6.04 Å². The molecule has 2 saturated heterocycles. The van der Waals surface area contributed by atoms with Crippen molar-refractivity contribution < 1.29 is 9.59 Å². The molecule has 2 fully saturated rings. The lowest BCUT2D eigenvalue weighted by atomic mass is 9.94. The number of carbonyl (C=O) groups excluding carboxylic acids is 2. The predicted molar refractivity (Wildman–Crippen MR) is 87.6 cm³/mol. The number of carbonyl (C=O) groups is 2. The molecule has 126 valence electrons. The molecule has 2 rings (SSSR count). The third-order valence-corrected chi connectivity index (χ3v) is 5.09. The van der Waals surface area contributed by atoms with Gasteiger partial charge in [-0.15, -0.1) is 0 Å². The summed E-state index contributed by atoms with van der Waals surface area (Å²) in [6, 6.07) is 0.240. The number of urea groups is 1. The molecule has 0 bridgehead atoms. The molecule has 2 aliphatic rings. The van der Waals surface area contributed by atoms with Crippen LogP contribution in [-0.4, -0.2) is 54.0 Å². The highest BCUT2D eigenvalue weighted by Crippen LogP contribution is 2.22. The number of hydrogen-bond donors (Lipinski definition) is 1. The highest BCUT2D eigenvalue weighted by molar-refractivity contribution is 5.78. The predicted octanol–water partition coefficient (Wildman–Crippen LogP) is 2.61. The van der Waals surface area contributed by atoms with Crippen molar-refractivity contribution in [3.05, 3.63) is 0 Å². The highest BCUT2D eigenvalue weighted by atomic mass is 16.2. The monoisotopic (exact) mass is 309 g/mol. The summed E-state index contributed by atoms with van der Waals surface area (Å²) in [5.74, 6) is 0.801. The quantitative estimate of drug-likeness (QED) is 0.786. The molecule has 5 nitrogen and oxygen atoms in total. The average Bonchev–Trinajstić information content (AvgIpc) is 2.97. The summed E-state index contributed by atoms with van der Waals surface area (Å²) in [4.78, 5) is 28.3. The number of nitrogens with zero attached hydrogens (tertiary/aromatic N) is 2. The van der Waals surface area contributed by atoms with Crippen LogP contribution in [0.1, 0.15) is 58.8 Å². The lowest BCUT2D eigenvalue weighted by molar-refractivity contribution is -0.134. The van der Waals surface area contributed by atoms with Crippen molar-refractivity contribution in [3.63, 3.8) is 0 Å². The van der Waals surface area contributed by atoms with Gasteiger partial charge in [0, 0.05) is 32.6 Å². The Labute approximate surface area is 134 Å². The normalized spacial score (nSPS) is 23.5. The minimum absolute atomic E-state index is 0.0358. The van der Waals surface area contributed by atoms with Crippen molar-refractivity contribution in [3.8, 4) is 0 Å². The number of nitrogens with one attached hydrogen (secondary N) is 1. The Hall–Kier alpha value is -1.26. The molecule has 2 atom stereocenters. The van der Waals surface area contributed by atoms with Gasteiger partial charge in [-0.05, 0) is 25.2 Å². The van der Waals surface area contributed by atoms with E-state index in [2.05, 4.69) is 19.2 Å². The second-order valence-electron chi connectivity index (χ2n) is 6.68. The van der Waals surface area contributed by atoms with Crippen LogP contribution < -0.4 is 5.32 Å². The number of likely N-dealkylation sites (tertiary alicyclic amines) is 1. The molecule has 0 aromatic carbocycles. The standard InChI is InChI=1S/C17H31N3O2/c1-3-5-7-14(4-2)12-16(21)19-10-6-8-15(13-19)20-11-9-18-17(20)22/h14-15H,3-13H2,1-2H3,(H,18,22)/t14-,15-/m0/s1. The number of piperidine rings is 1. The summed E-state index contributed by atoms with van der Waals surface area (Å²) in [5.41, 5.74) is 0. The van der Waals surface area contributed by atoms with Crippen LogP contribution in [-0.2, 0) is 4.79 Å². The van der Waals surface area contributed by atoms with Crippen molar-refractivity contribution in [1.82, 2.24) is 15.1 Å². The molecule has 5 heteroatoms. The third kappa shape index (κ3) is 4.37. The Balaban J connectivity index is 1.85. The van der Waals surface area contributed by atoms with Gasteiger partial charge in [0.25, 0.3) is 0 Å². The van der Waals surface area contributed by atoms with Crippen LogP contribution in [0.15, 0.2) is 0 Å². The number of amides is 3. The fourth-order valence-electron chi connectivity index (χ4n) is 3.59. The summed E-state index contributed by atoms with van der Waals surface area (Å²) in [5, 5.41) is 2.86. The van der Waals surface area contributed by atoms with Gasteiger partial charge < -0.3 is 15.1 Å². The lowest BCUT2D eigenvalue weighted by Gasteiger charge is -2.37. The molecule has 2 heterocycles. The first-order chi connectivity index (χ1) is 10.7. The molecule has 0 radical (unpaired) electrons. The Kier molecular flexibility index (Phi) is 6.52. The fourth-order valence-corrected chi connectivity index (χ4v) is 3.59. The molecule has 22 heavy (non-hydrogen) atoms. The van der Waals surface area contributed by atoms with E-state index in [0.29, 0.717) is 12.3 Å². The molecule has 0 unspecified atom stereocenters. The molecular formula is C17H31N3O2. The maximum absolute atomic E-state index is 12.6. The molecule has 0 aromatic rings. The number of hydrogen-bond acceptors (Lipinski definition) is 2. The second kappa shape index (κ2) is 8.39. The van der Waals surface area contributed by atoms with Crippen LogP contribution in [0.25, 0.3) is 0 Å². The van der Waals surface area contributed by atoms with Gasteiger partial charge >= 0.3 is 6.03 Å². The van der Waals surface area contributed by atoms with Gasteiger partial charge in [0.15, 0.2) is 0 Å². The van der Waals surface area contributed by atoms with Crippen LogP contribution in [0.3, 0.4) is 0 Å². The van der Waals surface area contributed by atoms with Gasteiger partial charge in [-0.1, -0.05) is 33.1 Å². The molecular weight excluding hydrogens is 278 g/mol. The van der Waals surface area contributed by atoms with E-state index in [1.54, 1.807) is 0 Å². The zero-order valence-corrected chi connectivity index (χ0v) is 14.1. The lowest BCUT2D eigenvalue weighted by Crippen LogP contribution is -2.50. The van der Waals surface area contributed by atoms with Crippen molar-refractivity contribution >= 4 is 11.9 Å². The summed E-state index contributed by atoms with van der Waals surface area (Å²) >= 11 is 0. The minimum Gasteiger partial charge on any atom is -0.341 e. The molecule has 0 saturated carbocycles. The SMILES string of the molecule is CCCC[C@H](CC)CC(=O)N1CCC[C@H](N2CCNC2=O)C1. The van der Waals surface area contributed by atoms with Crippen molar-refractivity contribution in [1.29, 1.82) is 0 Å².